The molecule has 2 heteroatoms. The summed E-state index contributed by atoms with van der Waals surface area (Å²) in [5.74, 6) is 6.48. The summed E-state index contributed by atoms with van der Waals surface area (Å²) in [6, 6.07) is 14.0. The molecule has 3 rings (SSSR count). The molecule has 1 aliphatic rings. The van der Waals surface area contributed by atoms with Crippen molar-refractivity contribution >= 4 is 23.7 Å². The highest BCUT2D eigenvalue weighted by Crippen LogP contribution is 2.39. The van der Waals surface area contributed by atoms with E-state index in [0.717, 1.165) is 23.1 Å². The normalized spacial score (nSPS) is 15.1. The third kappa shape index (κ3) is 5.10. The van der Waals surface area contributed by atoms with Crippen LogP contribution in [0.1, 0.15) is 73.7 Å². The van der Waals surface area contributed by atoms with E-state index in [-0.39, 0.29) is 16.8 Å². The zero-order valence-corrected chi connectivity index (χ0v) is 18.8. The van der Waals surface area contributed by atoms with Crippen molar-refractivity contribution in [1.29, 1.82) is 0 Å². The van der Waals surface area contributed by atoms with Gasteiger partial charge in [0.05, 0.1) is 12.7 Å². The van der Waals surface area contributed by atoms with Gasteiger partial charge in [0.2, 0.25) is 0 Å². The molecule has 0 aliphatic heterocycles. The van der Waals surface area contributed by atoms with E-state index in [1.165, 1.54) is 18.2 Å². The van der Waals surface area contributed by atoms with Gasteiger partial charge in [-0.2, -0.15) is 0 Å². The Labute approximate surface area is 180 Å². The van der Waals surface area contributed by atoms with Gasteiger partial charge in [0.1, 0.15) is 0 Å². The number of rotatable bonds is 3. The van der Waals surface area contributed by atoms with Crippen molar-refractivity contribution < 1.29 is 9.53 Å². The number of ether oxygens (including phenoxy) is 1. The lowest BCUT2D eigenvalue weighted by atomic mass is 9.73. The van der Waals surface area contributed by atoms with Crippen molar-refractivity contribution in [1.82, 2.24) is 0 Å². The molecule has 0 N–H and O–H groups in total. The van der Waals surface area contributed by atoms with Gasteiger partial charge in [-0.3, -0.25) is 0 Å². The first-order valence-corrected chi connectivity index (χ1v) is 10.3. The standard InChI is InChI=1S/C28H30O2/c1-27(2,3)17-15-22-16-18-28(4,5)25-14-11-21(19-24(22)25)8-7-20-9-12-23(13-10-20)26(29)30-6/h7-14,16,19H,18H2,1-6H3. The lowest BCUT2D eigenvalue weighted by Crippen LogP contribution is -2.21. The van der Waals surface area contributed by atoms with Gasteiger partial charge in [-0.15, -0.1) is 0 Å². The quantitative estimate of drug-likeness (QED) is 0.324. The van der Waals surface area contributed by atoms with Gasteiger partial charge in [0, 0.05) is 11.0 Å². The number of allylic oxidation sites excluding steroid dienone is 2. The molecule has 0 saturated carbocycles. The third-order valence-corrected chi connectivity index (χ3v) is 5.25. The second-order valence-corrected chi connectivity index (χ2v) is 9.46. The Morgan fingerprint density at radius 1 is 1.03 bits per heavy atom. The molecule has 0 aromatic heterocycles. The highest BCUT2D eigenvalue weighted by molar-refractivity contribution is 5.89. The number of carbonyl (C=O) groups excluding carboxylic acids is 1. The molecule has 154 valence electrons. The van der Waals surface area contributed by atoms with Gasteiger partial charge in [-0.05, 0) is 73.1 Å². The van der Waals surface area contributed by atoms with Crippen LogP contribution in [0.15, 0.2) is 48.5 Å². The summed E-state index contributed by atoms with van der Waals surface area (Å²) < 4.78 is 4.75. The van der Waals surface area contributed by atoms with Crippen LogP contribution in [0, 0.1) is 17.3 Å². The zero-order valence-electron chi connectivity index (χ0n) is 18.8. The van der Waals surface area contributed by atoms with E-state index < -0.39 is 0 Å². The third-order valence-electron chi connectivity index (χ3n) is 5.25. The Balaban J connectivity index is 1.91. The number of esters is 1. The monoisotopic (exact) mass is 398 g/mol. The summed E-state index contributed by atoms with van der Waals surface area (Å²) in [7, 11) is 1.39. The second kappa shape index (κ2) is 8.36. The van der Waals surface area contributed by atoms with Crippen LogP contribution in [0.5, 0.6) is 0 Å². The SMILES string of the molecule is COC(=O)c1ccc(C=Cc2ccc3c(c2)C(C#CC(C)(C)C)=CCC3(C)C)cc1. The largest absolute Gasteiger partial charge is 0.465 e. The first-order valence-electron chi connectivity index (χ1n) is 10.3. The van der Waals surface area contributed by atoms with E-state index in [1.54, 1.807) is 12.1 Å². The molecule has 2 nitrogen and oxygen atoms in total. The van der Waals surface area contributed by atoms with Crippen LogP contribution >= 0.6 is 0 Å². The van der Waals surface area contributed by atoms with E-state index in [0.29, 0.717) is 5.56 Å². The van der Waals surface area contributed by atoms with Gasteiger partial charge >= 0.3 is 5.97 Å². The molecule has 0 bridgehead atoms. The van der Waals surface area contributed by atoms with Gasteiger partial charge in [0.25, 0.3) is 0 Å². The summed E-state index contributed by atoms with van der Waals surface area (Å²) in [4.78, 5) is 11.6. The van der Waals surface area contributed by atoms with Crippen LogP contribution in [-0.2, 0) is 10.2 Å². The first-order chi connectivity index (χ1) is 14.1. The lowest BCUT2D eigenvalue weighted by Gasteiger charge is -2.31. The van der Waals surface area contributed by atoms with E-state index in [1.807, 2.05) is 12.1 Å². The minimum absolute atomic E-state index is 0.0259. The highest BCUT2D eigenvalue weighted by atomic mass is 16.5. The number of fused-ring (bicyclic) bond motifs is 1. The Bertz CT molecular complexity index is 1060. The highest BCUT2D eigenvalue weighted by Gasteiger charge is 2.27. The fraction of sp³-hybridized carbons (Fsp3) is 0.321. The Morgan fingerprint density at radius 3 is 2.30 bits per heavy atom. The van der Waals surface area contributed by atoms with Crippen LogP contribution < -0.4 is 0 Å². The van der Waals surface area contributed by atoms with Gasteiger partial charge < -0.3 is 4.74 Å². The van der Waals surface area contributed by atoms with Gasteiger partial charge in [-0.25, -0.2) is 4.79 Å². The van der Waals surface area contributed by atoms with E-state index in [9.17, 15) is 4.79 Å². The molecule has 0 saturated heterocycles. The van der Waals surface area contributed by atoms with Crippen molar-refractivity contribution in [2.45, 2.75) is 46.5 Å². The average molecular weight is 399 g/mol. The molecule has 2 aromatic rings. The number of hydrogen-bond donors (Lipinski definition) is 0. The second-order valence-electron chi connectivity index (χ2n) is 9.46. The predicted octanol–water partition coefficient (Wildman–Crippen LogP) is 6.76. The predicted molar refractivity (Wildman–Crippen MR) is 126 cm³/mol. The van der Waals surface area contributed by atoms with Gasteiger partial charge in [-0.1, -0.05) is 68.2 Å². The molecule has 2 aromatic carbocycles. The maximum absolute atomic E-state index is 11.6. The molecule has 0 heterocycles. The summed E-state index contributed by atoms with van der Waals surface area (Å²) >= 11 is 0. The van der Waals surface area contributed by atoms with Crippen molar-refractivity contribution in [2.75, 3.05) is 7.11 Å². The molecule has 0 radical (unpaired) electrons. The molecule has 0 amide bonds. The van der Waals surface area contributed by atoms with E-state index in [2.05, 4.69) is 82.9 Å². The minimum Gasteiger partial charge on any atom is -0.465 e. The number of benzene rings is 2. The summed E-state index contributed by atoms with van der Waals surface area (Å²) in [6.07, 6.45) is 7.43. The zero-order chi connectivity index (χ0) is 21.9. The maximum Gasteiger partial charge on any atom is 0.337 e. The van der Waals surface area contributed by atoms with E-state index >= 15 is 0 Å². The smallest absolute Gasteiger partial charge is 0.337 e. The Hall–Kier alpha value is -3.05. The molecule has 0 fully saturated rings. The van der Waals surface area contributed by atoms with Crippen LogP contribution in [0.3, 0.4) is 0 Å². The Kier molecular flexibility index (Phi) is 6.04. The minimum atomic E-state index is -0.321. The van der Waals surface area contributed by atoms with Crippen LogP contribution in [-0.4, -0.2) is 13.1 Å². The summed E-state index contributed by atoms with van der Waals surface area (Å²) in [5, 5.41) is 0. The van der Waals surface area contributed by atoms with Crippen molar-refractivity contribution in [3.63, 3.8) is 0 Å². The summed E-state index contributed by atoms with van der Waals surface area (Å²) in [5.41, 5.74) is 6.50. The Morgan fingerprint density at radius 2 is 1.67 bits per heavy atom. The van der Waals surface area contributed by atoms with Crippen molar-refractivity contribution in [2.24, 2.45) is 5.41 Å². The number of methoxy groups -OCH3 is 1. The molecule has 0 atom stereocenters. The van der Waals surface area contributed by atoms with Crippen molar-refractivity contribution in [3.8, 4) is 11.8 Å². The van der Waals surface area contributed by atoms with E-state index in [4.69, 9.17) is 4.74 Å². The van der Waals surface area contributed by atoms with Crippen molar-refractivity contribution in [3.05, 3.63) is 76.4 Å². The van der Waals surface area contributed by atoms with Gasteiger partial charge in [0.15, 0.2) is 0 Å². The lowest BCUT2D eigenvalue weighted by molar-refractivity contribution is 0.0600. The molecule has 1 aliphatic carbocycles. The number of carbonyl (C=O) groups is 1. The van der Waals surface area contributed by atoms with Crippen LogP contribution in [0.25, 0.3) is 17.7 Å². The molecular formula is C28H30O2. The molecule has 0 spiro atoms. The molecular weight excluding hydrogens is 368 g/mol. The molecule has 30 heavy (non-hydrogen) atoms. The fourth-order valence-electron chi connectivity index (χ4n) is 3.47. The average Bonchev–Trinajstić information content (AvgIpc) is 2.70. The number of hydrogen-bond acceptors (Lipinski definition) is 2. The summed E-state index contributed by atoms with van der Waals surface area (Å²) in [6.45, 7) is 11.0. The first kappa shape index (κ1) is 21.7. The topological polar surface area (TPSA) is 26.3 Å². The molecule has 0 unspecified atom stereocenters. The maximum atomic E-state index is 11.6. The van der Waals surface area contributed by atoms with Crippen LogP contribution in [0.4, 0.5) is 0 Å². The fourth-order valence-corrected chi connectivity index (χ4v) is 3.47. The van der Waals surface area contributed by atoms with Crippen LogP contribution in [0.2, 0.25) is 0 Å².